The smallest absolute Gasteiger partial charge is 0.267 e. The lowest BCUT2D eigenvalue weighted by atomic mass is 10.1. The summed E-state index contributed by atoms with van der Waals surface area (Å²) in [5, 5.41) is 11.2. The van der Waals surface area contributed by atoms with Crippen LogP contribution in [0.1, 0.15) is 15.9 Å². The van der Waals surface area contributed by atoms with E-state index in [-0.39, 0.29) is 5.91 Å². The molecular weight excluding hydrogens is 268 g/mol. The summed E-state index contributed by atoms with van der Waals surface area (Å²) >= 11 is 0. The fraction of sp³-hybridized carbons (Fsp3) is 0. The fourth-order valence-electron chi connectivity index (χ4n) is 1.72. The zero-order valence-electron chi connectivity index (χ0n) is 11.1. The van der Waals surface area contributed by atoms with Gasteiger partial charge in [0.05, 0.1) is 0 Å². The summed E-state index contributed by atoms with van der Waals surface area (Å²) in [6, 6.07) is 15.9. The van der Waals surface area contributed by atoms with Gasteiger partial charge in [-0.25, -0.2) is 5.48 Å². The van der Waals surface area contributed by atoms with Crippen molar-refractivity contribution in [2.75, 3.05) is 5.32 Å². The number of hydrogen-bond acceptors (Lipinski definition) is 3. The van der Waals surface area contributed by atoms with Crippen LogP contribution in [-0.2, 0) is 4.79 Å². The summed E-state index contributed by atoms with van der Waals surface area (Å²) in [6.45, 7) is 0. The number of carbonyl (C=O) groups is 2. The van der Waals surface area contributed by atoms with Gasteiger partial charge in [0, 0.05) is 17.3 Å². The van der Waals surface area contributed by atoms with E-state index in [1.54, 1.807) is 36.4 Å². The first-order valence-electron chi connectivity index (χ1n) is 6.27. The summed E-state index contributed by atoms with van der Waals surface area (Å²) in [5.74, 6) is -0.864. The van der Waals surface area contributed by atoms with Crippen molar-refractivity contribution in [1.82, 2.24) is 5.48 Å². The van der Waals surface area contributed by atoms with E-state index in [9.17, 15) is 9.59 Å². The fourth-order valence-corrected chi connectivity index (χ4v) is 1.72. The first-order chi connectivity index (χ1) is 10.2. The zero-order valence-corrected chi connectivity index (χ0v) is 11.1. The topological polar surface area (TPSA) is 78.4 Å². The molecule has 0 saturated carbocycles. The van der Waals surface area contributed by atoms with Crippen molar-refractivity contribution in [2.45, 2.75) is 0 Å². The van der Waals surface area contributed by atoms with E-state index < -0.39 is 5.91 Å². The minimum atomic E-state index is -0.630. The highest BCUT2D eigenvalue weighted by atomic mass is 16.5. The Kier molecular flexibility index (Phi) is 4.84. The van der Waals surface area contributed by atoms with Crippen LogP contribution >= 0.6 is 0 Å². The Balaban J connectivity index is 2.11. The molecule has 0 spiro atoms. The number of rotatable bonds is 4. The molecule has 2 rings (SSSR count). The molecule has 0 bridgehead atoms. The lowest BCUT2D eigenvalue weighted by Gasteiger charge is -2.05. The third kappa shape index (κ3) is 4.29. The Morgan fingerprint density at radius 3 is 2.48 bits per heavy atom. The molecule has 5 heteroatoms. The Morgan fingerprint density at radius 1 is 1.00 bits per heavy atom. The second-order valence-electron chi connectivity index (χ2n) is 4.25. The van der Waals surface area contributed by atoms with Crippen LogP contribution in [0.4, 0.5) is 5.69 Å². The number of anilines is 1. The zero-order chi connectivity index (χ0) is 15.1. The van der Waals surface area contributed by atoms with E-state index >= 15 is 0 Å². The van der Waals surface area contributed by atoms with Gasteiger partial charge in [-0.15, -0.1) is 0 Å². The molecule has 5 nitrogen and oxygen atoms in total. The Hall–Kier alpha value is -2.92. The minimum absolute atomic E-state index is 0.233. The average molecular weight is 282 g/mol. The van der Waals surface area contributed by atoms with Gasteiger partial charge in [0.2, 0.25) is 0 Å². The van der Waals surface area contributed by atoms with Crippen molar-refractivity contribution in [3.63, 3.8) is 0 Å². The van der Waals surface area contributed by atoms with Crippen LogP contribution in [0.3, 0.4) is 0 Å². The normalized spacial score (nSPS) is 10.3. The maximum absolute atomic E-state index is 12.1. The molecule has 2 aromatic carbocycles. The average Bonchev–Trinajstić information content (AvgIpc) is 2.53. The summed E-state index contributed by atoms with van der Waals surface area (Å²) in [4.78, 5) is 23.0. The van der Waals surface area contributed by atoms with Gasteiger partial charge in [-0.3, -0.25) is 14.8 Å². The van der Waals surface area contributed by atoms with Gasteiger partial charge >= 0.3 is 0 Å². The van der Waals surface area contributed by atoms with Crippen LogP contribution in [0.5, 0.6) is 0 Å². The molecule has 0 aliphatic heterocycles. The number of carbonyl (C=O) groups excluding carboxylic acids is 2. The lowest BCUT2D eigenvalue weighted by Crippen LogP contribution is -2.14. The molecular formula is C16H14N2O3. The van der Waals surface area contributed by atoms with Crippen molar-refractivity contribution >= 4 is 23.6 Å². The number of hydroxylamine groups is 1. The van der Waals surface area contributed by atoms with Crippen LogP contribution in [0.25, 0.3) is 6.08 Å². The van der Waals surface area contributed by atoms with Crippen molar-refractivity contribution < 1.29 is 14.8 Å². The molecule has 0 radical (unpaired) electrons. The monoisotopic (exact) mass is 282 g/mol. The molecule has 2 aromatic rings. The first-order valence-corrected chi connectivity index (χ1v) is 6.27. The van der Waals surface area contributed by atoms with E-state index in [1.165, 1.54) is 17.6 Å². The molecule has 2 amide bonds. The van der Waals surface area contributed by atoms with E-state index in [2.05, 4.69) is 5.32 Å². The molecule has 21 heavy (non-hydrogen) atoms. The number of hydrogen-bond donors (Lipinski definition) is 3. The maximum atomic E-state index is 12.1. The molecule has 0 aromatic heterocycles. The quantitative estimate of drug-likeness (QED) is 0.458. The third-order valence-corrected chi connectivity index (χ3v) is 2.72. The van der Waals surface area contributed by atoms with E-state index in [1.807, 2.05) is 18.2 Å². The molecule has 0 heterocycles. The van der Waals surface area contributed by atoms with Crippen molar-refractivity contribution in [2.24, 2.45) is 0 Å². The van der Waals surface area contributed by atoms with Gasteiger partial charge in [-0.2, -0.15) is 0 Å². The van der Waals surface area contributed by atoms with Crippen LogP contribution in [0.15, 0.2) is 60.7 Å². The number of para-hydroxylation sites is 1. The molecule has 0 unspecified atom stereocenters. The molecule has 3 N–H and O–H groups in total. The number of nitrogens with one attached hydrogen (secondary N) is 2. The summed E-state index contributed by atoms with van der Waals surface area (Å²) in [7, 11) is 0. The Bertz CT molecular complexity index is 666. The second kappa shape index (κ2) is 7.02. The van der Waals surface area contributed by atoms with Gasteiger partial charge in [-0.05, 0) is 35.9 Å². The summed E-state index contributed by atoms with van der Waals surface area (Å²) in [6.07, 6.45) is 2.68. The van der Waals surface area contributed by atoms with Gasteiger partial charge in [-0.1, -0.05) is 30.3 Å². The highest BCUT2D eigenvalue weighted by molar-refractivity contribution is 6.04. The predicted molar refractivity (Wildman–Crippen MR) is 79.8 cm³/mol. The lowest BCUT2D eigenvalue weighted by molar-refractivity contribution is -0.124. The van der Waals surface area contributed by atoms with Crippen molar-refractivity contribution in [1.29, 1.82) is 0 Å². The molecule has 0 aliphatic carbocycles. The standard InChI is InChI=1S/C16H14N2O3/c19-15(18-21)10-9-12-5-4-6-13(11-12)16(20)17-14-7-2-1-3-8-14/h1-11,21H,(H,17,20)(H,18,19). The van der Waals surface area contributed by atoms with Gasteiger partial charge in [0.1, 0.15) is 0 Å². The molecule has 0 saturated heterocycles. The van der Waals surface area contributed by atoms with Crippen molar-refractivity contribution in [3.05, 3.63) is 71.8 Å². The Morgan fingerprint density at radius 2 is 1.76 bits per heavy atom. The number of benzene rings is 2. The molecule has 0 atom stereocenters. The summed E-state index contributed by atoms with van der Waals surface area (Å²) in [5.41, 5.74) is 3.37. The van der Waals surface area contributed by atoms with Crippen LogP contribution in [-0.4, -0.2) is 17.0 Å². The minimum Gasteiger partial charge on any atom is -0.322 e. The van der Waals surface area contributed by atoms with Gasteiger partial charge in [0.15, 0.2) is 0 Å². The molecule has 106 valence electrons. The van der Waals surface area contributed by atoms with Gasteiger partial charge < -0.3 is 5.32 Å². The molecule has 0 aliphatic rings. The van der Waals surface area contributed by atoms with E-state index in [4.69, 9.17) is 5.21 Å². The highest BCUT2D eigenvalue weighted by Crippen LogP contribution is 2.11. The van der Waals surface area contributed by atoms with E-state index in [0.29, 0.717) is 16.8 Å². The van der Waals surface area contributed by atoms with Crippen molar-refractivity contribution in [3.8, 4) is 0 Å². The first kappa shape index (κ1) is 14.5. The SMILES string of the molecule is O=C(C=Cc1cccc(C(=O)Nc2ccccc2)c1)NO. The second-order valence-corrected chi connectivity index (χ2v) is 4.25. The third-order valence-electron chi connectivity index (χ3n) is 2.72. The number of amides is 2. The summed E-state index contributed by atoms with van der Waals surface area (Å²) < 4.78 is 0. The van der Waals surface area contributed by atoms with Gasteiger partial charge in [0.25, 0.3) is 11.8 Å². The highest BCUT2D eigenvalue weighted by Gasteiger charge is 2.05. The van der Waals surface area contributed by atoms with E-state index in [0.717, 1.165) is 0 Å². The molecule has 0 fully saturated rings. The van der Waals surface area contributed by atoms with Crippen LogP contribution in [0.2, 0.25) is 0 Å². The maximum Gasteiger partial charge on any atom is 0.267 e. The largest absolute Gasteiger partial charge is 0.322 e. The predicted octanol–water partition coefficient (Wildman–Crippen LogP) is 2.46. The van der Waals surface area contributed by atoms with Crippen LogP contribution in [0, 0.1) is 0 Å². The van der Waals surface area contributed by atoms with Crippen LogP contribution < -0.4 is 10.8 Å². The Labute approximate surface area is 121 Å².